The van der Waals surface area contributed by atoms with Crippen LogP contribution in [-0.2, 0) is 21.4 Å². The van der Waals surface area contributed by atoms with Gasteiger partial charge in [0.25, 0.3) is 0 Å². The first-order valence-corrected chi connectivity index (χ1v) is 8.84. The fourth-order valence-corrected chi connectivity index (χ4v) is 3.29. The summed E-state index contributed by atoms with van der Waals surface area (Å²) in [6.07, 6.45) is 0. The second-order valence-corrected chi connectivity index (χ2v) is 7.54. The molecule has 0 saturated carbocycles. The number of nitrogens with one attached hydrogen (secondary N) is 1. The first-order chi connectivity index (χ1) is 11.3. The average molecular weight is 371 g/mol. The van der Waals surface area contributed by atoms with E-state index in [0.29, 0.717) is 5.02 Å². The van der Waals surface area contributed by atoms with Crippen molar-refractivity contribution in [2.24, 2.45) is 0 Å². The third-order valence-corrected chi connectivity index (χ3v) is 5.51. The molecule has 0 fully saturated rings. The highest BCUT2D eigenvalue weighted by molar-refractivity contribution is 7.89. The first-order valence-electron chi connectivity index (χ1n) is 7.02. The lowest BCUT2D eigenvalue weighted by molar-refractivity contribution is -0.121. The van der Waals surface area contributed by atoms with Crippen LogP contribution in [0.15, 0.2) is 53.4 Å². The first kappa shape index (κ1) is 18.4. The van der Waals surface area contributed by atoms with Crippen LogP contribution in [0.3, 0.4) is 0 Å². The summed E-state index contributed by atoms with van der Waals surface area (Å²) in [5.41, 5.74) is 0.733. The van der Waals surface area contributed by atoms with Crippen LogP contribution in [0.5, 0.6) is 0 Å². The van der Waals surface area contributed by atoms with E-state index in [0.717, 1.165) is 34.1 Å². The summed E-state index contributed by atoms with van der Waals surface area (Å²) in [6, 6.07) is 11.5. The summed E-state index contributed by atoms with van der Waals surface area (Å²) in [4.78, 5) is 11.9. The maximum absolute atomic E-state index is 12.9. The smallest absolute Gasteiger partial charge is 0.243 e. The van der Waals surface area contributed by atoms with Crippen molar-refractivity contribution in [1.82, 2.24) is 9.62 Å². The van der Waals surface area contributed by atoms with Crippen LogP contribution in [0.2, 0.25) is 5.02 Å². The van der Waals surface area contributed by atoms with E-state index in [1.54, 1.807) is 24.3 Å². The monoisotopic (exact) mass is 370 g/mol. The minimum absolute atomic E-state index is 0.0784. The van der Waals surface area contributed by atoms with Gasteiger partial charge in [0.2, 0.25) is 15.9 Å². The second-order valence-electron chi connectivity index (χ2n) is 5.08. The Morgan fingerprint density at radius 1 is 1.17 bits per heavy atom. The van der Waals surface area contributed by atoms with E-state index >= 15 is 0 Å². The predicted molar refractivity (Wildman–Crippen MR) is 89.5 cm³/mol. The Labute approximate surface area is 145 Å². The molecule has 8 heteroatoms. The molecule has 24 heavy (non-hydrogen) atoms. The highest BCUT2D eigenvalue weighted by Gasteiger charge is 2.22. The number of hydrogen-bond donors (Lipinski definition) is 1. The number of nitrogens with zero attached hydrogens (tertiary/aromatic N) is 1. The van der Waals surface area contributed by atoms with Gasteiger partial charge >= 0.3 is 0 Å². The van der Waals surface area contributed by atoms with Crippen molar-refractivity contribution in [1.29, 1.82) is 0 Å². The zero-order valence-electron chi connectivity index (χ0n) is 12.9. The number of halogens is 2. The molecule has 0 bridgehead atoms. The van der Waals surface area contributed by atoms with Crippen LogP contribution < -0.4 is 5.32 Å². The lowest BCUT2D eigenvalue weighted by atomic mass is 10.2. The molecule has 1 amide bonds. The van der Waals surface area contributed by atoms with Crippen LogP contribution in [-0.4, -0.2) is 32.2 Å². The van der Waals surface area contributed by atoms with Gasteiger partial charge in [-0.25, -0.2) is 12.8 Å². The molecule has 0 saturated heterocycles. The van der Waals surface area contributed by atoms with Crippen molar-refractivity contribution in [2.75, 3.05) is 13.6 Å². The van der Waals surface area contributed by atoms with E-state index in [-0.39, 0.29) is 18.0 Å². The number of rotatable bonds is 6. The second kappa shape index (κ2) is 7.74. The SMILES string of the molecule is CN(CC(=O)NCc1ccccc1Cl)S(=O)(=O)c1ccc(F)cc1. The number of likely N-dealkylation sites (N-methyl/N-ethyl adjacent to an activating group) is 1. The molecule has 128 valence electrons. The van der Waals surface area contributed by atoms with Crippen molar-refractivity contribution in [3.63, 3.8) is 0 Å². The normalized spacial score (nSPS) is 11.5. The molecule has 1 N–H and O–H groups in total. The molecule has 0 aliphatic carbocycles. The van der Waals surface area contributed by atoms with Gasteiger partial charge in [0.15, 0.2) is 0 Å². The van der Waals surface area contributed by atoms with E-state index in [9.17, 15) is 17.6 Å². The van der Waals surface area contributed by atoms with Gasteiger partial charge < -0.3 is 5.32 Å². The molecule has 0 radical (unpaired) electrons. The van der Waals surface area contributed by atoms with Crippen LogP contribution in [0, 0.1) is 5.82 Å². The Hall–Kier alpha value is -1.96. The van der Waals surface area contributed by atoms with Crippen molar-refractivity contribution < 1.29 is 17.6 Å². The lowest BCUT2D eigenvalue weighted by Gasteiger charge is -2.17. The third kappa shape index (κ3) is 4.53. The number of carbonyl (C=O) groups excluding carboxylic acids is 1. The van der Waals surface area contributed by atoms with Gasteiger partial charge in [-0.1, -0.05) is 29.8 Å². The molecule has 0 atom stereocenters. The third-order valence-electron chi connectivity index (χ3n) is 3.32. The molecule has 0 heterocycles. The molecule has 2 aromatic carbocycles. The van der Waals surface area contributed by atoms with Gasteiger partial charge in [-0.2, -0.15) is 4.31 Å². The van der Waals surface area contributed by atoms with Gasteiger partial charge in [0.05, 0.1) is 11.4 Å². The molecule has 2 aromatic rings. The van der Waals surface area contributed by atoms with Crippen molar-refractivity contribution >= 4 is 27.5 Å². The zero-order chi connectivity index (χ0) is 17.7. The van der Waals surface area contributed by atoms with Crippen LogP contribution in [0.1, 0.15) is 5.56 Å². The van der Waals surface area contributed by atoms with Crippen LogP contribution in [0.25, 0.3) is 0 Å². The molecule has 2 rings (SSSR count). The summed E-state index contributed by atoms with van der Waals surface area (Å²) in [6.45, 7) is -0.160. The summed E-state index contributed by atoms with van der Waals surface area (Å²) in [5, 5.41) is 3.13. The van der Waals surface area contributed by atoms with E-state index in [4.69, 9.17) is 11.6 Å². The maximum Gasteiger partial charge on any atom is 0.243 e. The fraction of sp³-hybridized carbons (Fsp3) is 0.188. The molecule has 0 aromatic heterocycles. The van der Waals surface area contributed by atoms with Gasteiger partial charge in [-0.15, -0.1) is 0 Å². The summed E-state index contributed by atoms with van der Waals surface area (Å²) in [7, 11) is -2.58. The molecule has 0 aliphatic rings. The Balaban J connectivity index is 1.98. The summed E-state index contributed by atoms with van der Waals surface area (Å²) in [5.74, 6) is -1.00. The number of carbonyl (C=O) groups is 1. The number of sulfonamides is 1. The molecule has 0 aliphatic heterocycles. The topological polar surface area (TPSA) is 66.5 Å². The minimum Gasteiger partial charge on any atom is -0.351 e. The van der Waals surface area contributed by atoms with Crippen LogP contribution in [0.4, 0.5) is 4.39 Å². The Kier molecular flexibility index (Phi) is 5.93. The Morgan fingerprint density at radius 3 is 2.42 bits per heavy atom. The van der Waals surface area contributed by atoms with Gasteiger partial charge in [-0.3, -0.25) is 4.79 Å². The van der Waals surface area contributed by atoms with Crippen molar-refractivity contribution in [3.8, 4) is 0 Å². The quantitative estimate of drug-likeness (QED) is 0.849. The summed E-state index contributed by atoms with van der Waals surface area (Å²) >= 11 is 5.99. The molecular formula is C16H16ClFN2O3S. The van der Waals surface area contributed by atoms with Gasteiger partial charge in [-0.05, 0) is 35.9 Å². The highest BCUT2D eigenvalue weighted by atomic mass is 35.5. The fourth-order valence-electron chi connectivity index (χ4n) is 1.97. The van der Waals surface area contributed by atoms with Crippen molar-refractivity contribution in [3.05, 3.63) is 64.9 Å². The zero-order valence-corrected chi connectivity index (χ0v) is 14.4. The van der Waals surface area contributed by atoms with Crippen LogP contribution >= 0.6 is 11.6 Å². The average Bonchev–Trinajstić information content (AvgIpc) is 2.54. The molecule has 5 nitrogen and oxygen atoms in total. The maximum atomic E-state index is 12.9. The van der Waals surface area contributed by atoms with E-state index in [2.05, 4.69) is 5.32 Å². The number of benzene rings is 2. The van der Waals surface area contributed by atoms with E-state index < -0.39 is 21.7 Å². The molecule has 0 spiro atoms. The summed E-state index contributed by atoms with van der Waals surface area (Å²) < 4.78 is 38.4. The number of amides is 1. The van der Waals surface area contributed by atoms with Gasteiger partial charge in [0.1, 0.15) is 5.82 Å². The Morgan fingerprint density at radius 2 is 1.79 bits per heavy atom. The minimum atomic E-state index is -3.86. The van der Waals surface area contributed by atoms with E-state index in [1.807, 2.05) is 0 Å². The molecule has 0 unspecified atom stereocenters. The largest absolute Gasteiger partial charge is 0.351 e. The lowest BCUT2D eigenvalue weighted by Crippen LogP contribution is -2.38. The van der Waals surface area contributed by atoms with Crippen molar-refractivity contribution in [2.45, 2.75) is 11.4 Å². The number of hydrogen-bond acceptors (Lipinski definition) is 3. The standard InChI is InChI=1S/C16H16ClFN2O3S/c1-20(24(22,23)14-8-6-13(18)7-9-14)11-16(21)19-10-12-4-2-3-5-15(12)17/h2-9H,10-11H2,1H3,(H,19,21). The molecular weight excluding hydrogens is 355 g/mol. The van der Waals surface area contributed by atoms with E-state index in [1.165, 1.54) is 7.05 Å². The van der Waals surface area contributed by atoms with Gasteiger partial charge in [0, 0.05) is 18.6 Å². The highest BCUT2D eigenvalue weighted by Crippen LogP contribution is 2.15. The predicted octanol–water partition coefficient (Wildman–Crippen LogP) is 2.42. The Bertz CT molecular complexity index is 825.